The van der Waals surface area contributed by atoms with Crippen LogP contribution in [0.5, 0.6) is 0 Å². The molecular formula is C20H24N4O4. The summed E-state index contributed by atoms with van der Waals surface area (Å²) in [5.74, 6) is -0.751. The Bertz CT molecular complexity index is 841. The summed E-state index contributed by atoms with van der Waals surface area (Å²) in [6, 6.07) is 5.62. The van der Waals surface area contributed by atoms with E-state index in [0.717, 1.165) is 43.9 Å². The van der Waals surface area contributed by atoms with Crippen LogP contribution >= 0.6 is 0 Å². The predicted molar refractivity (Wildman–Crippen MR) is 99.3 cm³/mol. The molecule has 3 fully saturated rings. The van der Waals surface area contributed by atoms with Crippen LogP contribution in [0.1, 0.15) is 34.3 Å². The maximum absolute atomic E-state index is 13.0. The van der Waals surface area contributed by atoms with E-state index >= 15 is 0 Å². The molecule has 0 aliphatic carbocycles. The van der Waals surface area contributed by atoms with Crippen LogP contribution in [0.3, 0.4) is 0 Å². The van der Waals surface area contributed by atoms with Crippen LogP contribution in [0.4, 0.5) is 0 Å². The third kappa shape index (κ3) is 2.92. The summed E-state index contributed by atoms with van der Waals surface area (Å²) < 4.78 is 5.86. The molecule has 0 bridgehead atoms. The maximum atomic E-state index is 13.0. The van der Waals surface area contributed by atoms with E-state index in [0.29, 0.717) is 24.6 Å². The molecule has 28 heavy (non-hydrogen) atoms. The van der Waals surface area contributed by atoms with Crippen molar-refractivity contribution < 1.29 is 19.1 Å². The topological polar surface area (TPSA) is 91.0 Å². The van der Waals surface area contributed by atoms with Crippen LogP contribution in [0.2, 0.25) is 0 Å². The van der Waals surface area contributed by atoms with Gasteiger partial charge in [0.2, 0.25) is 11.8 Å². The molecular weight excluding hydrogens is 360 g/mol. The lowest BCUT2D eigenvalue weighted by molar-refractivity contribution is -0.136. The predicted octanol–water partition coefficient (Wildman–Crippen LogP) is -0.380. The summed E-state index contributed by atoms with van der Waals surface area (Å²) in [4.78, 5) is 40.7. The first-order chi connectivity index (χ1) is 13.6. The summed E-state index contributed by atoms with van der Waals surface area (Å²) in [7, 11) is 0. The Morgan fingerprint density at radius 3 is 2.93 bits per heavy atom. The number of ether oxygens (including phenoxy) is 1. The molecule has 0 saturated carbocycles. The second-order valence-electron chi connectivity index (χ2n) is 7.95. The Balaban J connectivity index is 1.38. The van der Waals surface area contributed by atoms with Crippen molar-refractivity contribution in [1.29, 1.82) is 0 Å². The second-order valence-corrected chi connectivity index (χ2v) is 7.95. The third-order valence-corrected chi connectivity index (χ3v) is 6.36. The fraction of sp³-hybridized carbons (Fsp3) is 0.550. The van der Waals surface area contributed by atoms with Gasteiger partial charge in [0.05, 0.1) is 12.7 Å². The molecule has 4 aliphatic heterocycles. The summed E-state index contributed by atoms with van der Waals surface area (Å²) in [6.07, 6.45) is 0.887. The minimum Gasteiger partial charge on any atom is -0.374 e. The highest BCUT2D eigenvalue weighted by molar-refractivity contribution is 6.05. The molecule has 3 amide bonds. The number of piperidine rings is 1. The largest absolute Gasteiger partial charge is 0.374 e. The van der Waals surface area contributed by atoms with Gasteiger partial charge < -0.3 is 15.0 Å². The van der Waals surface area contributed by atoms with Crippen LogP contribution in [0.25, 0.3) is 0 Å². The van der Waals surface area contributed by atoms with E-state index in [1.165, 1.54) is 0 Å². The number of benzene rings is 1. The molecule has 4 heterocycles. The third-order valence-electron chi connectivity index (χ3n) is 6.36. The van der Waals surface area contributed by atoms with Crippen LogP contribution in [0, 0.1) is 0 Å². The fourth-order valence-electron chi connectivity index (χ4n) is 4.88. The molecule has 0 radical (unpaired) electrons. The normalized spacial score (nSPS) is 30.4. The highest BCUT2D eigenvalue weighted by Crippen LogP contribution is 2.31. The number of imide groups is 1. The van der Waals surface area contributed by atoms with Crippen molar-refractivity contribution in [3.05, 3.63) is 34.9 Å². The van der Waals surface area contributed by atoms with Gasteiger partial charge in [-0.1, -0.05) is 12.1 Å². The van der Waals surface area contributed by atoms with Crippen molar-refractivity contribution >= 4 is 17.7 Å². The highest BCUT2D eigenvalue weighted by atomic mass is 16.5. The number of nitrogens with zero attached hydrogens (tertiary/aromatic N) is 2. The van der Waals surface area contributed by atoms with Crippen molar-refractivity contribution in [2.75, 3.05) is 26.2 Å². The Hall–Kier alpha value is -2.29. The summed E-state index contributed by atoms with van der Waals surface area (Å²) in [5.41, 5.74) is 2.82. The van der Waals surface area contributed by atoms with Crippen molar-refractivity contribution in [2.45, 2.75) is 44.1 Å². The zero-order valence-electron chi connectivity index (χ0n) is 15.6. The molecule has 8 heteroatoms. The smallest absolute Gasteiger partial charge is 0.255 e. The molecule has 0 spiro atoms. The van der Waals surface area contributed by atoms with Crippen LogP contribution in [-0.4, -0.2) is 72.0 Å². The van der Waals surface area contributed by atoms with Crippen molar-refractivity contribution in [1.82, 2.24) is 20.4 Å². The lowest BCUT2D eigenvalue weighted by Gasteiger charge is -2.37. The molecule has 4 aliphatic rings. The summed E-state index contributed by atoms with van der Waals surface area (Å²) in [6.45, 7) is 4.59. The number of carbonyl (C=O) groups is 3. The highest BCUT2D eigenvalue weighted by Gasteiger charge is 2.41. The molecule has 0 aromatic heterocycles. The average molecular weight is 384 g/mol. The summed E-state index contributed by atoms with van der Waals surface area (Å²) in [5, 5.41) is 5.76. The lowest BCUT2D eigenvalue weighted by Crippen LogP contribution is -2.52. The Morgan fingerprint density at radius 2 is 2.07 bits per heavy atom. The van der Waals surface area contributed by atoms with E-state index in [1.807, 2.05) is 12.1 Å². The Morgan fingerprint density at radius 1 is 1.18 bits per heavy atom. The Kier molecular flexibility index (Phi) is 4.41. The molecule has 2 N–H and O–H groups in total. The van der Waals surface area contributed by atoms with Gasteiger partial charge in [0.25, 0.3) is 5.91 Å². The average Bonchev–Trinajstić information content (AvgIpc) is 3.28. The van der Waals surface area contributed by atoms with E-state index in [2.05, 4.69) is 21.6 Å². The fourth-order valence-corrected chi connectivity index (χ4v) is 4.88. The van der Waals surface area contributed by atoms with Crippen molar-refractivity contribution in [3.8, 4) is 0 Å². The minimum absolute atomic E-state index is 0.117. The number of fused-ring (bicyclic) bond motifs is 2. The molecule has 8 nitrogen and oxygen atoms in total. The zero-order chi connectivity index (χ0) is 19.3. The van der Waals surface area contributed by atoms with Crippen LogP contribution < -0.4 is 10.6 Å². The van der Waals surface area contributed by atoms with Crippen molar-refractivity contribution in [2.24, 2.45) is 0 Å². The number of amides is 3. The standard InChI is InChI=1S/C20H24N4O4/c25-18-5-4-15(19(26)22-18)24-11-14-12(2-1-3-13(14)20(24)27)10-23-6-7-28-17-9-21-8-16(17)23/h1-3,15-17,21H,4-11H2,(H,22,25,26)/t15?,16-,17+/m0/s1. The minimum atomic E-state index is -0.572. The van der Waals surface area contributed by atoms with Crippen LogP contribution in [-0.2, 0) is 27.4 Å². The van der Waals surface area contributed by atoms with E-state index in [4.69, 9.17) is 4.74 Å². The molecule has 1 aromatic carbocycles. The summed E-state index contributed by atoms with van der Waals surface area (Å²) >= 11 is 0. The number of hydrogen-bond donors (Lipinski definition) is 2. The van der Waals surface area contributed by atoms with E-state index in [-0.39, 0.29) is 30.2 Å². The van der Waals surface area contributed by atoms with Gasteiger partial charge in [-0.25, -0.2) is 0 Å². The lowest BCUT2D eigenvalue weighted by atomic mass is 10.0. The molecule has 1 unspecified atom stereocenters. The zero-order valence-corrected chi connectivity index (χ0v) is 15.6. The molecule has 148 valence electrons. The first-order valence-electron chi connectivity index (χ1n) is 9.93. The van der Waals surface area contributed by atoms with Gasteiger partial charge in [-0.2, -0.15) is 0 Å². The Labute approximate surface area is 163 Å². The van der Waals surface area contributed by atoms with E-state index in [9.17, 15) is 14.4 Å². The molecule has 3 atom stereocenters. The second kappa shape index (κ2) is 6.95. The van der Waals surface area contributed by atoms with Gasteiger partial charge >= 0.3 is 0 Å². The van der Waals surface area contributed by atoms with Crippen molar-refractivity contribution in [3.63, 3.8) is 0 Å². The SMILES string of the molecule is O=C1CCC(N2Cc3c(CN4CCO[C@@H]5CNC[C@@H]54)cccc3C2=O)C(=O)N1. The monoisotopic (exact) mass is 384 g/mol. The number of rotatable bonds is 3. The number of nitrogens with one attached hydrogen (secondary N) is 2. The number of hydrogen-bond acceptors (Lipinski definition) is 6. The molecule has 1 aromatic rings. The van der Waals surface area contributed by atoms with Gasteiger partial charge in [-0.05, 0) is 23.6 Å². The van der Waals surface area contributed by atoms with Gasteiger partial charge in [0.1, 0.15) is 6.04 Å². The first kappa shape index (κ1) is 17.8. The van der Waals surface area contributed by atoms with Gasteiger partial charge in [0, 0.05) is 50.7 Å². The maximum Gasteiger partial charge on any atom is 0.255 e. The van der Waals surface area contributed by atoms with E-state index < -0.39 is 6.04 Å². The number of carbonyl (C=O) groups excluding carboxylic acids is 3. The molecule has 3 saturated heterocycles. The van der Waals surface area contributed by atoms with Gasteiger partial charge in [-0.15, -0.1) is 0 Å². The number of morpholine rings is 1. The van der Waals surface area contributed by atoms with Gasteiger partial charge in [0.15, 0.2) is 0 Å². The molecule has 5 rings (SSSR count). The van der Waals surface area contributed by atoms with Gasteiger partial charge in [-0.3, -0.25) is 24.6 Å². The van der Waals surface area contributed by atoms with E-state index in [1.54, 1.807) is 4.90 Å². The first-order valence-corrected chi connectivity index (χ1v) is 9.93. The van der Waals surface area contributed by atoms with Crippen LogP contribution in [0.15, 0.2) is 18.2 Å². The quantitative estimate of drug-likeness (QED) is 0.691.